The fourth-order valence-corrected chi connectivity index (χ4v) is 2.66. The Morgan fingerprint density at radius 2 is 1.60 bits per heavy atom. The molecule has 0 amide bonds. The summed E-state index contributed by atoms with van der Waals surface area (Å²) in [7, 11) is 0. The van der Waals surface area contributed by atoms with Crippen molar-refractivity contribution in [2.45, 2.75) is 58.5 Å². The normalized spacial score (nSPS) is 38.7. The highest BCUT2D eigenvalue weighted by atomic mass is 16.6. The van der Waals surface area contributed by atoms with E-state index >= 15 is 0 Å². The van der Waals surface area contributed by atoms with Gasteiger partial charge >= 0.3 is 0 Å². The van der Waals surface area contributed by atoms with Crippen LogP contribution in [0.1, 0.15) is 47.5 Å². The molecule has 0 aromatic carbocycles. The Bertz CT molecular complexity index is 262. The third-order valence-corrected chi connectivity index (χ3v) is 3.87. The lowest BCUT2D eigenvalue weighted by Gasteiger charge is -2.62. The minimum absolute atomic E-state index is 0.0289. The average molecular weight is 214 g/mol. The first-order valence-corrected chi connectivity index (χ1v) is 5.40. The quantitative estimate of drug-likeness (QED) is 0.410. The number of hydroxylamine groups is 2. The van der Waals surface area contributed by atoms with Crippen LogP contribution in [0.5, 0.6) is 0 Å². The predicted octanol–water partition coefficient (Wildman–Crippen LogP) is 1.73. The van der Waals surface area contributed by atoms with Crippen LogP contribution < -0.4 is 5.84 Å². The summed E-state index contributed by atoms with van der Waals surface area (Å²) in [6, 6.07) is 0. The van der Waals surface area contributed by atoms with E-state index in [1.54, 1.807) is 6.92 Å². The molecule has 2 N–H and O–H groups in total. The summed E-state index contributed by atoms with van der Waals surface area (Å²) >= 11 is 0. The fraction of sp³-hybridized carbons (Fsp3) is 0.909. The Labute approximate surface area is 91.6 Å². The molecule has 0 saturated carbocycles. The first-order chi connectivity index (χ1) is 6.51. The second-order valence-electron chi connectivity index (χ2n) is 6.00. The SMILES string of the molecule is CC(=O)C1CC(C)(C)[N+](N)([O-])C(C)(C)C1. The maximum Gasteiger partial charge on any atom is 0.133 e. The predicted molar refractivity (Wildman–Crippen MR) is 59.4 cm³/mol. The molecule has 0 atom stereocenters. The summed E-state index contributed by atoms with van der Waals surface area (Å²) in [5.74, 6) is 6.00. The second-order valence-corrected chi connectivity index (χ2v) is 6.00. The third kappa shape index (κ3) is 1.82. The van der Waals surface area contributed by atoms with Gasteiger partial charge in [-0.2, -0.15) is 5.84 Å². The molecule has 1 heterocycles. The van der Waals surface area contributed by atoms with E-state index in [2.05, 4.69) is 0 Å². The van der Waals surface area contributed by atoms with Crippen molar-refractivity contribution in [3.8, 4) is 0 Å². The molecule has 4 heteroatoms. The molecule has 0 aromatic rings. The van der Waals surface area contributed by atoms with Crippen molar-refractivity contribution in [3.63, 3.8) is 0 Å². The molecule has 88 valence electrons. The van der Waals surface area contributed by atoms with Gasteiger partial charge in [0.25, 0.3) is 0 Å². The lowest BCUT2D eigenvalue weighted by molar-refractivity contribution is -0.989. The summed E-state index contributed by atoms with van der Waals surface area (Å²) in [6.07, 6.45) is 1.15. The topological polar surface area (TPSA) is 66.2 Å². The van der Waals surface area contributed by atoms with Crippen molar-refractivity contribution in [3.05, 3.63) is 5.21 Å². The highest BCUT2D eigenvalue weighted by Gasteiger charge is 2.53. The van der Waals surface area contributed by atoms with E-state index in [0.717, 1.165) is 0 Å². The number of hydrogen-bond donors (Lipinski definition) is 1. The van der Waals surface area contributed by atoms with Crippen molar-refractivity contribution < 1.29 is 9.55 Å². The number of quaternary nitrogens is 1. The Balaban J connectivity index is 3.07. The van der Waals surface area contributed by atoms with Crippen LogP contribution >= 0.6 is 0 Å². The Morgan fingerprint density at radius 3 is 1.87 bits per heavy atom. The number of carbonyl (C=O) groups excluding carboxylic acids is 1. The largest absolute Gasteiger partial charge is 0.611 e. The van der Waals surface area contributed by atoms with Crippen molar-refractivity contribution in [1.29, 1.82) is 0 Å². The zero-order valence-electron chi connectivity index (χ0n) is 10.3. The maximum absolute atomic E-state index is 12.4. The summed E-state index contributed by atoms with van der Waals surface area (Å²) in [5, 5.41) is 12.4. The van der Waals surface area contributed by atoms with Gasteiger partial charge < -0.3 is 5.21 Å². The molecule has 0 spiro atoms. The molecule has 1 rings (SSSR count). The van der Waals surface area contributed by atoms with E-state index in [4.69, 9.17) is 5.84 Å². The Hall–Kier alpha value is -0.450. The van der Waals surface area contributed by atoms with E-state index in [1.165, 1.54) is 0 Å². The molecular formula is C11H22N2O2. The standard InChI is InChI=1S/C11H22N2O2/c1-8(14)9-6-10(2,3)13(12,15)11(4,5)7-9/h9H,6-7,12H2,1-5H3. The number of nitrogens with two attached hydrogens (primary N) is 1. The minimum atomic E-state index is -0.760. The number of hydrogen-bond acceptors (Lipinski definition) is 3. The van der Waals surface area contributed by atoms with Gasteiger partial charge in [0.1, 0.15) is 16.9 Å². The van der Waals surface area contributed by atoms with Crippen molar-refractivity contribution >= 4 is 5.78 Å². The summed E-state index contributed by atoms with van der Waals surface area (Å²) in [4.78, 5) is 11.4. The van der Waals surface area contributed by atoms with E-state index in [0.29, 0.717) is 12.8 Å². The highest BCUT2D eigenvalue weighted by molar-refractivity contribution is 5.78. The van der Waals surface area contributed by atoms with Gasteiger partial charge in [0.05, 0.1) is 0 Å². The van der Waals surface area contributed by atoms with Crippen molar-refractivity contribution in [2.24, 2.45) is 11.8 Å². The van der Waals surface area contributed by atoms with Crippen LogP contribution in [0.2, 0.25) is 0 Å². The Morgan fingerprint density at radius 1 is 1.27 bits per heavy atom. The third-order valence-electron chi connectivity index (χ3n) is 3.87. The first-order valence-electron chi connectivity index (χ1n) is 5.40. The number of rotatable bonds is 1. The van der Waals surface area contributed by atoms with E-state index in [1.807, 2.05) is 27.7 Å². The van der Waals surface area contributed by atoms with E-state index < -0.39 is 15.8 Å². The van der Waals surface area contributed by atoms with Gasteiger partial charge in [0.15, 0.2) is 0 Å². The van der Waals surface area contributed by atoms with Crippen LogP contribution in [-0.2, 0) is 4.79 Å². The molecule has 0 unspecified atom stereocenters. The number of Topliss-reactive ketones (excluding diaryl/α,β-unsaturated/α-hetero) is 1. The van der Waals surface area contributed by atoms with Gasteiger partial charge in [0.2, 0.25) is 0 Å². The van der Waals surface area contributed by atoms with Crippen LogP contribution in [0.4, 0.5) is 0 Å². The molecule has 15 heavy (non-hydrogen) atoms. The van der Waals surface area contributed by atoms with Gasteiger partial charge in [-0.15, -0.1) is 0 Å². The van der Waals surface area contributed by atoms with Gasteiger partial charge in [-0.25, -0.2) is 0 Å². The lowest BCUT2D eigenvalue weighted by Crippen LogP contribution is -2.75. The smallest absolute Gasteiger partial charge is 0.133 e. The monoisotopic (exact) mass is 214 g/mol. The van der Waals surface area contributed by atoms with Gasteiger partial charge in [-0.1, -0.05) is 0 Å². The van der Waals surface area contributed by atoms with Gasteiger partial charge in [-0.3, -0.25) is 9.55 Å². The first kappa shape index (κ1) is 12.6. The van der Waals surface area contributed by atoms with E-state index in [9.17, 15) is 10.0 Å². The van der Waals surface area contributed by atoms with E-state index in [-0.39, 0.29) is 11.7 Å². The molecule has 0 aliphatic carbocycles. The molecule has 0 bridgehead atoms. The molecule has 1 saturated heterocycles. The number of carbonyl (C=O) groups is 1. The summed E-state index contributed by atoms with van der Waals surface area (Å²) in [6.45, 7) is 8.97. The van der Waals surface area contributed by atoms with Crippen LogP contribution in [0.25, 0.3) is 0 Å². The van der Waals surface area contributed by atoms with Crippen LogP contribution in [0.3, 0.4) is 0 Å². The number of piperidine rings is 1. The Kier molecular flexibility index (Phi) is 2.75. The van der Waals surface area contributed by atoms with Crippen molar-refractivity contribution in [2.75, 3.05) is 0 Å². The molecule has 0 aromatic heterocycles. The molecule has 1 fully saturated rings. The van der Waals surface area contributed by atoms with Gasteiger partial charge in [-0.05, 0) is 34.6 Å². The molecule has 4 nitrogen and oxygen atoms in total. The second kappa shape index (κ2) is 3.27. The molecule has 0 radical (unpaired) electrons. The lowest BCUT2D eigenvalue weighted by atomic mass is 9.73. The van der Waals surface area contributed by atoms with Gasteiger partial charge in [0, 0.05) is 18.8 Å². The molecule has 1 aliphatic heterocycles. The highest BCUT2D eigenvalue weighted by Crippen LogP contribution is 2.44. The van der Waals surface area contributed by atoms with Crippen LogP contribution in [0.15, 0.2) is 0 Å². The van der Waals surface area contributed by atoms with Crippen LogP contribution in [0, 0.1) is 11.1 Å². The molecular weight excluding hydrogens is 192 g/mol. The molecule has 1 aliphatic rings. The number of ketones is 1. The number of nitrogens with zero attached hydrogens (tertiary/aromatic N) is 1. The summed E-state index contributed by atoms with van der Waals surface area (Å²) < 4.78 is -0.760. The van der Waals surface area contributed by atoms with Crippen molar-refractivity contribution in [1.82, 2.24) is 0 Å². The van der Waals surface area contributed by atoms with Crippen LogP contribution in [-0.4, -0.2) is 21.6 Å². The zero-order valence-corrected chi connectivity index (χ0v) is 10.3. The minimum Gasteiger partial charge on any atom is -0.611 e. The zero-order chi connectivity index (χ0) is 12.1. The average Bonchev–Trinajstić information content (AvgIpc) is 1.99. The summed E-state index contributed by atoms with van der Waals surface area (Å²) in [5.41, 5.74) is -1.20. The maximum atomic E-state index is 12.4. The fourth-order valence-electron chi connectivity index (χ4n) is 2.66.